The van der Waals surface area contributed by atoms with E-state index in [-0.39, 0.29) is 23.6 Å². The van der Waals surface area contributed by atoms with Crippen LogP contribution in [0.4, 0.5) is 0 Å². The molecule has 1 aliphatic carbocycles. The third-order valence-electron chi connectivity index (χ3n) is 4.19. The maximum absolute atomic E-state index is 12.0. The summed E-state index contributed by atoms with van der Waals surface area (Å²) >= 11 is 0. The van der Waals surface area contributed by atoms with Crippen LogP contribution in [0, 0.1) is 11.3 Å². The molecule has 0 spiro atoms. The minimum absolute atomic E-state index is 0.0140. The quantitative estimate of drug-likeness (QED) is 0.663. The Bertz CT molecular complexity index is 425. The largest absolute Gasteiger partial charge is 0.469 e. The van der Waals surface area contributed by atoms with Crippen molar-refractivity contribution in [3.8, 4) is 0 Å². The molecule has 124 valence electrons. The first-order valence-corrected chi connectivity index (χ1v) is 9.48. The first kappa shape index (κ1) is 18.4. The Morgan fingerprint density at radius 1 is 1.29 bits per heavy atom. The van der Waals surface area contributed by atoms with Gasteiger partial charge in [0.1, 0.15) is 0 Å². The Morgan fingerprint density at radius 2 is 1.90 bits per heavy atom. The van der Waals surface area contributed by atoms with Crippen molar-refractivity contribution in [2.24, 2.45) is 11.3 Å². The monoisotopic (exact) mass is 319 g/mol. The summed E-state index contributed by atoms with van der Waals surface area (Å²) in [6.45, 7) is 4.90. The van der Waals surface area contributed by atoms with Gasteiger partial charge in [0, 0.05) is 13.0 Å². The standard InChI is InChI=1S/C15H29NO4S/c1-13(2)11-15(8-4-5-9-15)12-16-21(18,19)10-6-7-14(17)20-3/h13,16H,4-12H2,1-3H3. The van der Waals surface area contributed by atoms with Crippen LogP contribution in [0.25, 0.3) is 0 Å². The van der Waals surface area contributed by atoms with Crippen molar-refractivity contribution in [1.29, 1.82) is 0 Å². The molecule has 1 rings (SSSR count). The number of sulfonamides is 1. The van der Waals surface area contributed by atoms with Crippen LogP contribution in [-0.2, 0) is 19.6 Å². The topological polar surface area (TPSA) is 72.5 Å². The second kappa shape index (κ2) is 8.13. The Hall–Kier alpha value is -0.620. The molecule has 1 saturated carbocycles. The molecular weight excluding hydrogens is 290 g/mol. The third kappa shape index (κ3) is 6.78. The van der Waals surface area contributed by atoms with E-state index in [9.17, 15) is 13.2 Å². The van der Waals surface area contributed by atoms with E-state index in [1.807, 2.05) is 0 Å². The number of nitrogens with one attached hydrogen (secondary N) is 1. The van der Waals surface area contributed by atoms with Crippen LogP contribution in [-0.4, -0.2) is 33.8 Å². The summed E-state index contributed by atoms with van der Waals surface area (Å²) in [7, 11) is -1.99. The van der Waals surface area contributed by atoms with Crippen LogP contribution in [0.2, 0.25) is 0 Å². The van der Waals surface area contributed by atoms with Crippen LogP contribution < -0.4 is 4.72 Å². The Balaban J connectivity index is 2.45. The van der Waals surface area contributed by atoms with Gasteiger partial charge < -0.3 is 4.74 Å². The van der Waals surface area contributed by atoms with E-state index in [1.54, 1.807) is 0 Å². The van der Waals surface area contributed by atoms with Gasteiger partial charge in [-0.05, 0) is 37.0 Å². The predicted molar refractivity (Wildman–Crippen MR) is 83.4 cm³/mol. The number of hydrogen-bond donors (Lipinski definition) is 1. The smallest absolute Gasteiger partial charge is 0.305 e. The number of esters is 1. The lowest BCUT2D eigenvalue weighted by Crippen LogP contribution is -2.38. The molecule has 0 bridgehead atoms. The van der Waals surface area contributed by atoms with Gasteiger partial charge in [0.2, 0.25) is 10.0 Å². The minimum atomic E-state index is -3.30. The molecule has 0 unspecified atom stereocenters. The summed E-state index contributed by atoms with van der Waals surface area (Å²) in [4.78, 5) is 11.0. The average molecular weight is 319 g/mol. The van der Waals surface area contributed by atoms with Gasteiger partial charge in [-0.1, -0.05) is 26.7 Å². The van der Waals surface area contributed by atoms with Crippen LogP contribution in [0.5, 0.6) is 0 Å². The molecular formula is C15H29NO4S. The van der Waals surface area contributed by atoms with Crippen molar-refractivity contribution in [1.82, 2.24) is 4.72 Å². The van der Waals surface area contributed by atoms with E-state index in [0.29, 0.717) is 18.9 Å². The molecule has 21 heavy (non-hydrogen) atoms. The van der Waals surface area contributed by atoms with Crippen molar-refractivity contribution in [3.05, 3.63) is 0 Å². The minimum Gasteiger partial charge on any atom is -0.469 e. The second-order valence-electron chi connectivity index (χ2n) is 6.62. The first-order valence-electron chi connectivity index (χ1n) is 7.83. The van der Waals surface area contributed by atoms with Crippen LogP contribution in [0.1, 0.15) is 58.8 Å². The van der Waals surface area contributed by atoms with Crippen molar-refractivity contribution >= 4 is 16.0 Å². The van der Waals surface area contributed by atoms with Gasteiger partial charge in [-0.25, -0.2) is 13.1 Å². The highest BCUT2D eigenvalue weighted by atomic mass is 32.2. The molecule has 0 heterocycles. The van der Waals surface area contributed by atoms with Crippen molar-refractivity contribution < 1.29 is 17.9 Å². The molecule has 0 aliphatic heterocycles. The number of ether oxygens (including phenoxy) is 1. The highest BCUT2D eigenvalue weighted by Gasteiger charge is 2.35. The van der Waals surface area contributed by atoms with Gasteiger partial charge in [-0.15, -0.1) is 0 Å². The van der Waals surface area contributed by atoms with Gasteiger partial charge in [-0.2, -0.15) is 0 Å². The summed E-state index contributed by atoms with van der Waals surface area (Å²) in [5, 5.41) is 0. The van der Waals surface area contributed by atoms with Crippen LogP contribution in [0.3, 0.4) is 0 Å². The third-order valence-corrected chi connectivity index (χ3v) is 5.60. The van der Waals surface area contributed by atoms with E-state index < -0.39 is 10.0 Å². The summed E-state index contributed by atoms with van der Waals surface area (Å²) < 4.78 is 31.3. The van der Waals surface area contributed by atoms with Gasteiger partial charge in [-0.3, -0.25) is 4.79 Å². The zero-order valence-corrected chi connectivity index (χ0v) is 14.3. The molecule has 0 aromatic carbocycles. The molecule has 0 radical (unpaired) electrons. The summed E-state index contributed by atoms with van der Waals surface area (Å²) in [6, 6.07) is 0. The Morgan fingerprint density at radius 3 is 2.43 bits per heavy atom. The van der Waals surface area contributed by atoms with Crippen molar-refractivity contribution in [3.63, 3.8) is 0 Å². The zero-order chi connectivity index (χ0) is 15.9. The molecule has 1 aliphatic rings. The van der Waals surface area contributed by atoms with Crippen LogP contribution in [0.15, 0.2) is 0 Å². The van der Waals surface area contributed by atoms with E-state index >= 15 is 0 Å². The lowest BCUT2D eigenvalue weighted by molar-refractivity contribution is -0.140. The number of rotatable bonds is 9. The van der Waals surface area contributed by atoms with Crippen molar-refractivity contribution in [2.75, 3.05) is 19.4 Å². The molecule has 0 aromatic rings. The summed E-state index contributed by atoms with van der Waals surface area (Å²) in [5.74, 6) is 0.198. The highest BCUT2D eigenvalue weighted by Crippen LogP contribution is 2.42. The first-order chi connectivity index (χ1) is 9.79. The number of carbonyl (C=O) groups excluding carboxylic acids is 1. The maximum atomic E-state index is 12.0. The number of hydrogen-bond acceptors (Lipinski definition) is 4. The molecule has 1 fully saturated rings. The number of carbonyl (C=O) groups is 1. The van der Waals surface area contributed by atoms with Gasteiger partial charge in [0.15, 0.2) is 0 Å². The van der Waals surface area contributed by atoms with Crippen molar-refractivity contribution in [2.45, 2.75) is 58.8 Å². The Labute approximate surface area is 128 Å². The highest BCUT2D eigenvalue weighted by molar-refractivity contribution is 7.89. The normalized spacial score (nSPS) is 18.1. The molecule has 0 aromatic heterocycles. The van der Waals surface area contributed by atoms with E-state index in [2.05, 4.69) is 23.3 Å². The molecule has 0 atom stereocenters. The van der Waals surface area contributed by atoms with Crippen LogP contribution >= 0.6 is 0 Å². The maximum Gasteiger partial charge on any atom is 0.305 e. The fourth-order valence-electron chi connectivity index (χ4n) is 3.29. The Kier molecular flexibility index (Phi) is 7.13. The number of methoxy groups -OCH3 is 1. The molecule has 6 heteroatoms. The van der Waals surface area contributed by atoms with Gasteiger partial charge in [0.05, 0.1) is 12.9 Å². The molecule has 0 saturated heterocycles. The second-order valence-corrected chi connectivity index (χ2v) is 8.55. The summed E-state index contributed by atoms with van der Waals surface area (Å²) in [5.41, 5.74) is 0.129. The fraction of sp³-hybridized carbons (Fsp3) is 0.933. The van der Waals surface area contributed by atoms with Gasteiger partial charge in [0.25, 0.3) is 0 Å². The van der Waals surface area contributed by atoms with E-state index in [1.165, 1.54) is 20.0 Å². The average Bonchev–Trinajstić information content (AvgIpc) is 2.84. The zero-order valence-electron chi connectivity index (χ0n) is 13.5. The SMILES string of the molecule is COC(=O)CCCS(=O)(=O)NCC1(CC(C)C)CCCC1. The van der Waals surface area contributed by atoms with Gasteiger partial charge >= 0.3 is 5.97 Å². The lowest BCUT2D eigenvalue weighted by Gasteiger charge is -2.31. The molecule has 0 amide bonds. The predicted octanol–water partition coefficient (Wildman–Crippen LogP) is 2.47. The molecule has 1 N–H and O–H groups in total. The summed E-state index contributed by atoms with van der Waals surface area (Å²) in [6.07, 6.45) is 6.12. The lowest BCUT2D eigenvalue weighted by atomic mass is 9.79. The molecule has 5 nitrogen and oxygen atoms in total. The van der Waals surface area contributed by atoms with E-state index in [0.717, 1.165) is 19.3 Å². The fourth-order valence-corrected chi connectivity index (χ4v) is 4.48. The van der Waals surface area contributed by atoms with E-state index in [4.69, 9.17) is 0 Å².